The van der Waals surface area contributed by atoms with Crippen molar-refractivity contribution in [1.29, 1.82) is 0 Å². The number of benzene rings is 2. The highest BCUT2D eigenvalue weighted by atomic mass is 16.5. The minimum Gasteiger partial charge on any atom is -0.492 e. The lowest BCUT2D eigenvalue weighted by molar-refractivity contribution is -0.139. The average molecular weight is 309 g/mol. The van der Waals surface area contributed by atoms with Gasteiger partial charge in [0.1, 0.15) is 12.4 Å². The molecule has 1 heterocycles. The summed E-state index contributed by atoms with van der Waals surface area (Å²) < 4.78 is 12.6. The molecule has 0 amide bonds. The van der Waals surface area contributed by atoms with Crippen LogP contribution in [0.3, 0.4) is 0 Å². The molecule has 0 aliphatic carbocycles. The lowest BCUT2D eigenvalue weighted by Gasteiger charge is -2.09. The van der Waals surface area contributed by atoms with Crippen LogP contribution in [0.5, 0.6) is 5.75 Å². The molecule has 4 heteroatoms. The van der Waals surface area contributed by atoms with Crippen LogP contribution >= 0.6 is 0 Å². The van der Waals surface area contributed by atoms with Gasteiger partial charge in [-0.2, -0.15) is 0 Å². The minimum absolute atomic E-state index is 0.238. The molecule has 3 aromatic rings. The first kappa shape index (κ1) is 15.2. The van der Waals surface area contributed by atoms with Gasteiger partial charge in [-0.3, -0.25) is 4.79 Å². The molecule has 4 nitrogen and oxygen atoms in total. The summed E-state index contributed by atoms with van der Waals surface area (Å²) in [5.41, 5.74) is 2.13. The molecule has 23 heavy (non-hydrogen) atoms. The van der Waals surface area contributed by atoms with Crippen molar-refractivity contribution < 1.29 is 14.3 Å². The molecule has 0 spiro atoms. The van der Waals surface area contributed by atoms with Gasteiger partial charge in [-0.15, -0.1) is 0 Å². The van der Waals surface area contributed by atoms with Gasteiger partial charge in [0.25, 0.3) is 0 Å². The van der Waals surface area contributed by atoms with E-state index in [1.54, 1.807) is 0 Å². The Balaban J connectivity index is 1.55. The van der Waals surface area contributed by atoms with Gasteiger partial charge in [0, 0.05) is 11.7 Å². The van der Waals surface area contributed by atoms with Gasteiger partial charge in [0.15, 0.2) is 0 Å². The second-order valence-electron chi connectivity index (χ2n) is 5.31. The number of carbonyl (C=O) groups is 1. The standard InChI is InChI=1S/C19H19NO3/c1-22-19(21)14-15-6-8-17(9-7-15)23-13-12-20-11-10-16-4-2-3-5-18(16)20/h2-11H,12-14H2,1H3. The number of hydrogen-bond donors (Lipinski definition) is 0. The molecule has 0 bridgehead atoms. The van der Waals surface area contributed by atoms with Crippen LogP contribution in [0.2, 0.25) is 0 Å². The van der Waals surface area contributed by atoms with Gasteiger partial charge in [0.2, 0.25) is 0 Å². The number of ether oxygens (including phenoxy) is 2. The zero-order chi connectivity index (χ0) is 16.1. The van der Waals surface area contributed by atoms with Crippen LogP contribution in [0.15, 0.2) is 60.8 Å². The Morgan fingerprint density at radius 1 is 1.04 bits per heavy atom. The number of rotatable bonds is 6. The smallest absolute Gasteiger partial charge is 0.309 e. The Labute approximate surface area is 135 Å². The monoisotopic (exact) mass is 309 g/mol. The van der Waals surface area contributed by atoms with E-state index in [1.807, 2.05) is 36.4 Å². The van der Waals surface area contributed by atoms with E-state index in [4.69, 9.17) is 4.74 Å². The minimum atomic E-state index is -0.238. The first-order valence-electron chi connectivity index (χ1n) is 7.59. The van der Waals surface area contributed by atoms with Gasteiger partial charge >= 0.3 is 5.97 Å². The maximum absolute atomic E-state index is 11.2. The lowest BCUT2D eigenvalue weighted by atomic mass is 10.1. The third-order valence-corrected chi connectivity index (χ3v) is 3.78. The summed E-state index contributed by atoms with van der Waals surface area (Å²) in [5.74, 6) is 0.563. The molecule has 3 rings (SSSR count). The summed E-state index contributed by atoms with van der Waals surface area (Å²) in [4.78, 5) is 11.2. The normalized spacial score (nSPS) is 10.7. The van der Waals surface area contributed by atoms with Gasteiger partial charge < -0.3 is 14.0 Å². The van der Waals surface area contributed by atoms with E-state index >= 15 is 0 Å². The average Bonchev–Trinajstić information content (AvgIpc) is 3.00. The van der Waals surface area contributed by atoms with Crippen LogP contribution in [0.25, 0.3) is 10.9 Å². The highest BCUT2D eigenvalue weighted by Gasteiger charge is 2.03. The Hall–Kier alpha value is -2.75. The summed E-state index contributed by atoms with van der Waals surface area (Å²) in [5, 5.41) is 1.24. The van der Waals surface area contributed by atoms with Crippen LogP contribution < -0.4 is 4.74 Å². The molecule has 118 valence electrons. The largest absolute Gasteiger partial charge is 0.492 e. The van der Waals surface area contributed by atoms with E-state index in [0.29, 0.717) is 6.61 Å². The van der Waals surface area contributed by atoms with Gasteiger partial charge in [-0.1, -0.05) is 30.3 Å². The maximum Gasteiger partial charge on any atom is 0.309 e. The lowest BCUT2D eigenvalue weighted by Crippen LogP contribution is -2.07. The van der Waals surface area contributed by atoms with Crippen LogP contribution in [0, 0.1) is 0 Å². The molecular formula is C19H19NO3. The first-order valence-corrected chi connectivity index (χ1v) is 7.59. The predicted molar refractivity (Wildman–Crippen MR) is 89.6 cm³/mol. The second-order valence-corrected chi connectivity index (χ2v) is 5.31. The van der Waals surface area contributed by atoms with Gasteiger partial charge in [-0.05, 0) is 35.2 Å². The predicted octanol–water partition coefficient (Wildman–Crippen LogP) is 3.44. The van der Waals surface area contributed by atoms with Crippen LogP contribution in [0.4, 0.5) is 0 Å². The van der Waals surface area contributed by atoms with Crippen molar-refractivity contribution in [3.05, 3.63) is 66.4 Å². The molecule has 0 saturated heterocycles. The third-order valence-electron chi connectivity index (χ3n) is 3.78. The number of methoxy groups -OCH3 is 1. The van der Waals surface area contributed by atoms with Crippen LogP contribution in [-0.4, -0.2) is 24.3 Å². The third kappa shape index (κ3) is 3.72. The van der Waals surface area contributed by atoms with Crippen molar-refractivity contribution in [3.63, 3.8) is 0 Å². The van der Waals surface area contributed by atoms with Crippen LogP contribution in [-0.2, 0) is 22.5 Å². The molecule has 1 aromatic heterocycles. The zero-order valence-corrected chi connectivity index (χ0v) is 13.1. The van der Waals surface area contributed by atoms with Crippen molar-refractivity contribution in [2.45, 2.75) is 13.0 Å². The quantitative estimate of drug-likeness (QED) is 0.655. The van der Waals surface area contributed by atoms with Crippen LogP contribution in [0.1, 0.15) is 5.56 Å². The van der Waals surface area contributed by atoms with E-state index in [-0.39, 0.29) is 12.4 Å². The molecule has 0 N–H and O–H groups in total. The maximum atomic E-state index is 11.2. The van der Waals surface area contributed by atoms with Gasteiger partial charge in [0.05, 0.1) is 20.1 Å². The van der Waals surface area contributed by atoms with Crippen molar-refractivity contribution in [1.82, 2.24) is 4.57 Å². The summed E-state index contributed by atoms with van der Waals surface area (Å²) in [6.07, 6.45) is 2.36. The number of esters is 1. The fourth-order valence-corrected chi connectivity index (χ4v) is 2.54. The summed E-state index contributed by atoms with van der Waals surface area (Å²) >= 11 is 0. The van der Waals surface area contributed by atoms with Gasteiger partial charge in [-0.25, -0.2) is 0 Å². The number of nitrogens with zero attached hydrogens (tertiary/aromatic N) is 1. The second kappa shape index (κ2) is 7.01. The van der Waals surface area contributed by atoms with E-state index in [2.05, 4.69) is 33.7 Å². The van der Waals surface area contributed by atoms with Crippen molar-refractivity contribution in [3.8, 4) is 5.75 Å². The Morgan fingerprint density at radius 3 is 2.61 bits per heavy atom. The summed E-state index contributed by atoms with van der Waals surface area (Å²) in [6.45, 7) is 1.38. The summed E-state index contributed by atoms with van der Waals surface area (Å²) in [7, 11) is 1.39. The Bertz CT molecular complexity index is 790. The van der Waals surface area contributed by atoms with E-state index < -0.39 is 0 Å². The number of aromatic nitrogens is 1. The molecule has 0 saturated carbocycles. The highest BCUT2D eigenvalue weighted by Crippen LogP contribution is 2.16. The van der Waals surface area contributed by atoms with E-state index in [0.717, 1.165) is 17.9 Å². The first-order chi connectivity index (χ1) is 11.3. The van der Waals surface area contributed by atoms with E-state index in [1.165, 1.54) is 18.0 Å². The molecule has 0 radical (unpaired) electrons. The Morgan fingerprint density at radius 2 is 1.83 bits per heavy atom. The topological polar surface area (TPSA) is 40.5 Å². The molecular weight excluding hydrogens is 290 g/mol. The van der Waals surface area contributed by atoms with E-state index in [9.17, 15) is 4.79 Å². The number of fused-ring (bicyclic) bond motifs is 1. The zero-order valence-electron chi connectivity index (χ0n) is 13.1. The summed E-state index contributed by atoms with van der Waals surface area (Å²) in [6, 6.07) is 17.9. The van der Waals surface area contributed by atoms with Crippen molar-refractivity contribution in [2.24, 2.45) is 0 Å². The fourth-order valence-electron chi connectivity index (χ4n) is 2.54. The number of para-hydroxylation sites is 1. The number of hydrogen-bond acceptors (Lipinski definition) is 3. The molecule has 0 fully saturated rings. The Kier molecular flexibility index (Phi) is 4.62. The molecule has 0 atom stereocenters. The SMILES string of the molecule is COC(=O)Cc1ccc(OCCn2ccc3ccccc32)cc1. The number of carbonyl (C=O) groups excluding carboxylic acids is 1. The fraction of sp³-hybridized carbons (Fsp3) is 0.211. The van der Waals surface area contributed by atoms with Crippen molar-refractivity contribution >= 4 is 16.9 Å². The molecule has 0 aliphatic heterocycles. The van der Waals surface area contributed by atoms with Crippen molar-refractivity contribution in [2.75, 3.05) is 13.7 Å². The molecule has 2 aromatic carbocycles. The highest BCUT2D eigenvalue weighted by molar-refractivity contribution is 5.79. The molecule has 0 aliphatic rings. The molecule has 0 unspecified atom stereocenters.